The molecule has 3 rings (SSSR count). The van der Waals surface area contributed by atoms with Crippen LogP contribution in [-0.2, 0) is 20.1 Å². The maximum Gasteiger partial charge on any atom is 0.339 e. The maximum atomic E-state index is 12.6. The SMILES string of the molecule is COc1ccc2c(c1)CN(C(=O)c1c(C(=O)O)cnn1C)C2. The highest BCUT2D eigenvalue weighted by Gasteiger charge is 2.30. The summed E-state index contributed by atoms with van der Waals surface area (Å²) in [7, 11) is 3.15. The van der Waals surface area contributed by atoms with Crippen LogP contribution in [0.3, 0.4) is 0 Å². The van der Waals surface area contributed by atoms with Gasteiger partial charge < -0.3 is 14.7 Å². The number of aryl methyl sites for hydroxylation is 1. The Kier molecular flexibility index (Phi) is 3.32. The monoisotopic (exact) mass is 301 g/mol. The molecule has 0 saturated heterocycles. The van der Waals surface area contributed by atoms with E-state index in [-0.39, 0.29) is 17.2 Å². The average molecular weight is 301 g/mol. The number of carboxylic acids is 1. The molecule has 7 heteroatoms. The molecular weight excluding hydrogens is 286 g/mol. The smallest absolute Gasteiger partial charge is 0.339 e. The van der Waals surface area contributed by atoms with Crippen LogP contribution in [0, 0.1) is 0 Å². The Morgan fingerprint density at radius 2 is 2.00 bits per heavy atom. The van der Waals surface area contributed by atoms with E-state index >= 15 is 0 Å². The van der Waals surface area contributed by atoms with Gasteiger partial charge >= 0.3 is 5.97 Å². The molecule has 1 amide bonds. The molecule has 1 aromatic carbocycles. The molecule has 114 valence electrons. The number of fused-ring (bicyclic) bond motifs is 1. The summed E-state index contributed by atoms with van der Waals surface area (Å²) < 4.78 is 6.48. The zero-order valence-corrected chi connectivity index (χ0v) is 12.2. The minimum Gasteiger partial charge on any atom is -0.497 e. The second kappa shape index (κ2) is 5.18. The standard InChI is InChI=1S/C15H15N3O4/c1-17-13(12(6-16-17)15(20)21)14(19)18-7-9-3-4-11(22-2)5-10(9)8-18/h3-6H,7-8H2,1-2H3,(H,20,21). The van der Waals surface area contributed by atoms with E-state index in [9.17, 15) is 14.7 Å². The first-order chi connectivity index (χ1) is 10.5. The number of ether oxygens (including phenoxy) is 1. The molecule has 1 N–H and O–H groups in total. The topological polar surface area (TPSA) is 84.7 Å². The van der Waals surface area contributed by atoms with E-state index in [1.54, 1.807) is 19.1 Å². The van der Waals surface area contributed by atoms with Crippen molar-refractivity contribution in [2.75, 3.05) is 7.11 Å². The highest BCUT2D eigenvalue weighted by atomic mass is 16.5. The lowest BCUT2D eigenvalue weighted by Gasteiger charge is -2.15. The van der Waals surface area contributed by atoms with Crippen LogP contribution in [0.15, 0.2) is 24.4 Å². The van der Waals surface area contributed by atoms with Crippen LogP contribution < -0.4 is 4.74 Å². The number of aromatic nitrogens is 2. The van der Waals surface area contributed by atoms with E-state index in [4.69, 9.17) is 4.74 Å². The van der Waals surface area contributed by atoms with E-state index in [0.717, 1.165) is 16.9 Å². The van der Waals surface area contributed by atoms with Crippen molar-refractivity contribution in [2.24, 2.45) is 7.05 Å². The molecule has 0 radical (unpaired) electrons. The van der Waals surface area contributed by atoms with Crippen LogP contribution in [-0.4, -0.2) is 38.8 Å². The quantitative estimate of drug-likeness (QED) is 0.923. The van der Waals surface area contributed by atoms with Gasteiger partial charge in [-0.15, -0.1) is 0 Å². The second-order valence-electron chi connectivity index (χ2n) is 5.13. The Labute approximate surface area is 126 Å². The summed E-state index contributed by atoms with van der Waals surface area (Å²) in [6.07, 6.45) is 1.20. The van der Waals surface area contributed by atoms with E-state index in [1.165, 1.54) is 10.9 Å². The minimum absolute atomic E-state index is 0.0824. The molecule has 0 saturated carbocycles. The Morgan fingerprint density at radius 1 is 1.27 bits per heavy atom. The van der Waals surface area contributed by atoms with Crippen LogP contribution in [0.5, 0.6) is 5.75 Å². The predicted octanol–water partition coefficient (Wildman–Crippen LogP) is 1.28. The van der Waals surface area contributed by atoms with Gasteiger partial charge in [-0.3, -0.25) is 9.48 Å². The zero-order chi connectivity index (χ0) is 15.9. The van der Waals surface area contributed by atoms with Crippen LogP contribution >= 0.6 is 0 Å². The molecule has 0 bridgehead atoms. The van der Waals surface area contributed by atoms with Gasteiger partial charge in [-0.25, -0.2) is 4.79 Å². The highest BCUT2D eigenvalue weighted by Crippen LogP contribution is 2.28. The summed E-state index contributed by atoms with van der Waals surface area (Å²) in [6.45, 7) is 0.873. The van der Waals surface area contributed by atoms with Gasteiger partial charge in [0.2, 0.25) is 0 Å². The van der Waals surface area contributed by atoms with Crippen molar-refractivity contribution in [3.63, 3.8) is 0 Å². The van der Waals surface area contributed by atoms with Gasteiger partial charge in [-0.1, -0.05) is 6.07 Å². The fourth-order valence-corrected chi connectivity index (χ4v) is 2.64. The molecule has 0 atom stereocenters. The number of hydrogen-bond donors (Lipinski definition) is 1. The van der Waals surface area contributed by atoms with Gasteiger partial charge in [0, 0.05) is 20.1 Å². The normalized spacial score (nSPS) is 13.1. The Balaban J connectivity index is 1.90. The Bertz CT molecular complexity index is 766. The van der Waals surface area contributed by atoms with E-state index < -0.39 is 5.97 Å². The van der Waals surface area contributed by atoms with E-state index in [1.807, 2.05) is 18.2 Å². The fourth-order valence-electron chi connectivity index (χ4n) is 2.64. The van der Waals surface area contributed by atoms with Crippen molar-refractivity contribution in [3.8, 4) is 5.75 Å². The third kappa shape index (κ3) is 2.20. The molecule has 1 aromatic heterocycles. The molecular formula is C15H15N3O4. The number of rotatable bonds is 3. The minimum atomic E-state index is -1.16. The molecule has 1 aliphatic heterocycles. The predicted molar refractivity (Wildman–Crippen MR) is 76.7 cm³/mol. The Hall–Kier alpha value is -2.83. The lowest BCUT2D eigenvalue weighted by atomic mass is 10.1. The molecule has 7 nitrogen and oxygen atoms in total. The molecule has 22 heavy (non-hydrogen) atoms. The molecule has 2 heterocycles. The highest BCUT2D eigenvalue weighted by molar-refractivity contribution is 6.03. The lowest BCUT2D eigenvalue weighted by Crippen LogP contribution is -2.28. The van der Waals surface area contributed by atoms with Crippen LogP contribution in [0.25, 0.3) is 0 Å². The van der Waals surface area contributed by atoms with Crippen molar-refractivity contribution in [2.45, 2.75) is 13.1 Å². The van der Waals surface area contributed by atoms with Gasteiger partial charge in [0.15, 0.2) is 0 Å². The number of methoxy groups -OCH3 is 1. The molecule has 0 fully saturated rings. The molecule has 1 aliphatic rings. The molecule has 2 aromatic rings. The molecule has 0 aliphatic carbocycles. The largest absolute Gasteiger partial charge is 0.497 e. The fraction of sp³-hybridized carbons (Fsp3) is 0.267. The van der Waals surface area contributed by atoms with E-state index in [2.05, 4.69) is 5.10 Å². The van der Waals surface area contributed by atoms with Gasteiger partial charge in [0.05, 0.1) is 13.3 Å². The zero-order valence-electron chi connectivity index (χ0n) is 12.2. The van der Waals surface area contributed by atoms with Crippen LogP contribution in [0.1, 0.15) is 32.0 Å². The first-order valence-corrected chi connectivity index (χ1v) is 6.71. The number of carbonyl (C=O) groups excluding carboxylic acids is 1. The third-order valence-electron chi connectivity index (χ3n) is 3.79. The van der Waals surface area contributed by atoms with Gasteiger partial charge in [-0.05, 0) is 23.3 Å². The van der Waals surface area contributed by atoms with E-state index in [0.29, 0.717) is 13.1 Å². The van der Waals surface area contributed by atoms with Crippen LogP contribution in [0.4, 0.5) is 0 Å². The first-order valence-electron chi connectivity index (χ1n) is 6.71. The summed E-state index contributed by atoms with van der Waals surface area (Å²) in [4.78, 5) is 25.5. The van der Waals surface area contributed by atoms with Crippen molar-refractivity contribution < 1.29 is 19.4 Å². The summed E-state index contributed by atoms with van der Waals surface area (Å²) in [5.74, 6) is -0.762. The first kappa shape index (κ1) is 14.1. The summed E-state index contributed by atoms with van der Waals surface area (Å²) in [6, 6.07) is 5.66. The summed E-state index contributed by atoms with van der Waals surface area (Å²) >= 11 is 0. The third-order valence-corrected chi connectivity index (χ3v) is 3.79. The van der Waals surface area contributed by atoms with Crippen molar-refractivity contribution in [1.29, 1.82) is 0 Å². The number of carbonyl (C=O) groups is 2. The average Bonchev–Trinajstić information content (AvgIpc) is 3.09. The number of hydrogen-bond acceptors (Lipinski definition) is 4. The van der Waals surface area contributed by atoms with Gasteiger partial charge in [0.25, 0.3) is 5.91 Å². The van der Waals surface area contributed by atoms with Crippen molar-refractivity contribution in [1.82, 2.24) is 14.7 Å². The summed E-state index contributed by atoms with van der Waals surface area (Å²) in [5.41, 5.74) is 2.05. The van der Waals surface area contributed by atoms with Crippen molar-refractivity contribution in [3.05, 3.63) is 46.8 Å². The second-order valence-corrected chi connectivity index (χ2v) is 5.13. The summed E-state index contributed by atoms with van der Waals surface area (Å²) in [5, 5.41) is 13.0. The number of aromatic carboxylic acids is 1. The van der Waals surface area contributed by atoms with Gasteiger partial charge in [0.1, 0.15) is 17.0 Å². The van der Waals surface area contributed by atoms with Crippen molar-refractivity contribution >= 4 is 11.9 Å². The van der Waals surface area contributed by atoms with Gasteiger partial charge in [-0.2, -0.15) is 5.10 Å². The molecule has 0 unspecified atom stereocenters. The number of benzene rings is 1. The lowest BCUT2D eigenvalue weighted by molar-refractivity contribution is 0.0670. The number of amides is 1. The number of carboxylic acid groups (broad SMARTS) is 1. The molecule has 0 spiro atoms. The number of nitrogens with zero attached hydrogens (tertiary/aromatic N) is 3. The van der Waals surface area contributed by atoms with Crippen LogP contribution in [0.2, 0.25) is 0 Å². The Morgan fingerprint density at radius 3 is 2.68 bits per heavy atom. The maximum absolute atomic E-state index is 12.6.